The number of hydrogen-bond donors (Lipinski definition) is 0. The topological polar surface area (TPSA) is 103 Å². The Labute approximate surface area is 192 Å². The molecule has 0 saturated carbocycles. The van der Waals surface area contributed by atoms with Crippen LogP contribution in [0.25, 0.3) is 11.0 Å². The lowest BCUT2D eigenvalue weighted by molar-refractivity contribution is -0.384. The van der Waals surface area contributed by atoms with Gasteiger partial charge in [0.05, 0.1) is 28.5 Å². The number of anilines is 1. The Bertz CT molecular complexity index is 1500. The number of carbonyl (C=O) groups excluding carboxylic acids is 1. The van der Waals surface area contributed by atoms with E-state index in [9.17, 15) is 24.1 Å². The first kappa shape index (κ1) is 21.3. The predicted octanol–water partition coefficient (Wildman–Crippen LogP) is 4.99. The van der Waals surface area contributed by atoms with Gasteiger partial charge < -0.3 is 9.15 Å². The Kier molecular flexibility index (Phi) is 5.09. The minimum atomic E-state index is -0.926. The number of carbonyl (C=O) groups is 1. The van der Waals surface area contributed by atoms with Crippen LogP contribution < -0.4 is 15.1 Å². The molecule has 1 aromatic heterocycles. The SMILES string of the molecule is CCOc1ccc(N2C(=O)c3oc4ccc(F)cc4c(=O)c3C2c2ccc([N+](=O)[O-])cc2)cc1. The number of benzene rings is 3. The Morgan fingerprint density at radius 3 is 2.41 bits per heavy atom. The second kappa shape index (κ2) is 8.11. The fourth-order valence-corrected chi connectivity index (χ4v) is 4.17. The van der Waals surface area contributed by atoms with E-state index >= 15 is 0 Å². The predicted molar refractivity (Wildman–Crippen MR) is 122 cm³/mol. The van der Waals surface area contributed by atoms with Gasteiger partial charge in [-0.15, -0.1) is 0 Å². The summed E-state index contributed by atoms with van der Waals surface area (Å²) in [5.41, 5.74) is 0.405. The molecule has 0 spiro atoms. The number of nitrogens with zero attached hydrogens (tertiary/aromatic N) is 2. The molecule has 5 rings (SSSR count). The van der Waals surface area contributed by atoms with Crippen LogP contribution in [-0.4, -0.2) is 17.4 Å². The van der Waals surface area contributed by atoms with Crippen LogP contribution in [0.1, 0.15) is 34.6 Å². The summed E-state index contributed by atoms with van der Waals surface area (Å²) < 4.78 is 25.2. The van der Waals surface area contributed by atoms with E-state index in [1.165, 1.54) is 35.2 Å². The van der Waals surface area contributed by atoms with Crippen molar-refractivity contribution in [1.29, 1.82) is 0 Å². The van der Waals surface area contributed by atoms with Gasteiger partial charge in [-0.05, 0) is 67.1 Å². The van der Waals surface area contributed by atoms with E-state index in [1.54, 1.807) is 24.3 Å². The van der Waals surface area contributed by atoms with Crippen molar-refractivity contribution in [1.82, 2.24) is 0 Å². The molecule has 170 valence electrons. The number of nitro groups is 1. The molecule has 1 unspecified atom stereocenters. The summed E-state index contributed by atoms with van der Waals surface area (Å²) in [7, 11) is 0. The zero-order valence-electron chi connectivity index (χ0n) is 17.9. The van der Waals surface area contributed by atoms with Crippen LogP contribution in [0.4, 0.5) is 15.8 Å². The summed E-state index contributed by atoms with van der Waals surface area (Å²) in [4.78, 5) is 38.9. The fraction of sp³-hybridized carbons (Fsp3) is 0.120. The number of halogens is 1. The highest BCUT2D eigenvalue weighted by Gasteiger charge is 2.43. The number of amides is 1. The maximum Gasteiger partial charge on any atom is 0.295 e. The maximum atomic E-state index is 13.9. The first-order chi connectivity index (χ1) is 16.4. The molecule has 0 bridgehead atoms. The van der Waals surface area contributed by atoms with Crippen LogP contribution in [0.3, 0.4) is 0 Å². The Balaban J connectivity index is 1.73. The molecule has 1 atom stereocenters. The zero-order chi connectivity index (χ0) is 24.0. The minimum absolute atomic E-state index is 0.00649. The summed E-state index contributed by atoms with van der Waals surface area (Å²) >= 11 is 0. The molecule has 8 nitrogen and oxygen atoms in total. The molecule has 0 radical (unpaired) electrons. The third-order valence-corrected chi connectivity index (χ3v) is 5.68. The molecule has 0 N–H and O–H groups in total. The number of non-ortho nitro benzene ring substituents is 1. The largest absolute Gasteiger partial charge is 0.494 e. The number of ether oxygens (including phenoxy) is 1. The Morgan fingerprint density at radius 1 is 1.06 bits per heavy atom. The standard InChI is InChI=1S/C25H17FN2O6/c1-2-33-18-10-8-16(9-11-18)27-22(14-3-6-17(7-4-14)28(31)32)21-23(29)19-13-15(26)5-12-20(19)34-24(21)25(27)30/h3-13,22H,2H2,1H3. The third kappa shape index (κ3) is 3.38. The van der Waals surface area contributed by atoms with Crippen molar-refractivity contribution in [2.45, 2.75) is 13.0 Å². The van der Waals surface area contributed by atoms with Crippen molar-refractivity contribution in [2.75, 3.05) is 11.5 Å². The van der Waals surface area contributed by atoms with Gasteiger partial charge in [0.25, 0.3) is 11.6 Å². The molecule has 0 saturated heterocycles. The minimum Gasteiger partial charge on any atom is -0.494 e. The van der Waals surface area contributed by atoms with Gasteiger partial charge in [0.15, 0.2) is 5.43 Å². The van der Waals surface area contributed by atoms with E-state index in [1.807, 2.05) is 6.92 Å². The summed E-state index contributed by atoms with van der Waals surface area (Å²) in [5, 5.41) is 11.1. The van der Waals surface area contributed by atoms with Crippen molar-refractivity contribution >= 4 is 28.3 Å². The molecule has 3 aromatic carbocycles. The summed E-state index contributed by atoms with van der Waals surface area (Å²) in [5.74, 6) is -0.704. The van der Waals surface area contributed by atoms with Gasteiger partial charge >= 0.3 is 0 Å². The third-order valence-electron chi connectivity index (χ3n) is 5.68. The van der Waals surface area contributed by atoms with E-state index in [0.29, 0.717) is 23.6 Å². The van der Waals surface area contributed by atoms with Crippen LogP contribution in [0, 0.1) is 15.9 Å². The van der Waals surface area contributed by atoms with E-state index in [-0.39, 0.29) is 28.0 Å². The zero-order valence-corrected chi connectivity index (χ0v) is 17.9. The molecule has 9 heteroatoms. The number of rotatable bonds is 5. The van der Waals surface area contributed by atoms with Crippen molar-refractivity contribution in [3.63, 3.8) is 0 Å². The van der Waals surface area contributed by atoms with Gasteiger partial charge in [-0.2, -0.15) is 0 Å². The average Bonchev–Trinajstić information content (AvgIpc) is 3.13. The van der Waals surface area contributed by atoms with Crippen LogP contribution in [-0.2, 0) is 0 Å². The molecule has 4 aromatic rings. The Morgan fingerprint density at radius 2 is 1.76 bits per heavy atom. The lowest BCUT2D eigenvalue weighted by atomic mass is 9.98. The number of fused-ring (bicyclic) bond motifs is 2. The van der Waals surface area contributed by atoms with Crippen LogP contribution in [0.5, 0.6) is 5.75 Å². The molecule has 1 amide bonds. The molecule has 2 heterocycles. The van der Waals surface area contributed by atoms with Crippen molar-refractivity contribution in [3.8, 4) is 5.75 Å². The van der Waals surface area contributed by atoms with Gasteiger partial charge in [-0.1, -0.05) is 0 Å². The fourth-order valence-electron chi connectivity index (χ4n) is 4.17. The molecular weight excluding hydrogens is 443 g/mol. The molecular formula is C25H17FN2O6. The summed E-state index contributed by atoms with van der Waals surface area (Å²) in [6, 6.07) is 14.9. The van der Waals surface area contributed by atoms with Gasteiger partial charge in [-0.3, -0.25) is 24.6 Å². The Hall–Kier alpha value is -4.53. The van der Waals surface area contributed by atoms with E-state index < -0.39 is 28.1 Å². The lowest BCUT2D eigenvalue weighted by Gasteiger charge is -2.25. The molecule has 0 aliphatic carbocycles. The van der Waals surface area contributed by atoms with E-state index in [0.717, 1.165) is 12.1 Å². The highest BCUT2D eigenvalue weighted by Crippen LogP contribution is 2.41. The second-order valence-corrected chi connectivity index (χ2v) is 7.67. The van der Waals surface area contributed by atoms with Crippen molar-refractivity contribution in [2.24, 2.45) is 0 Å². The second-order valence-electron chi connectivity index (χ2n) is 7.67. The molecule has 1 aliphatic heterocycles. The average molecular weight is 460 g/mol. The van der Waals surface area contributed by atoms with Gasteiger partial charge in [0, 0.05) is 17.8 Å². The molecule has 1 aliphatic rings. The monoisotopic (exact) mass is 460 g/mol. The summed E-state index contributed by atoms with van der Waals surface area (Å²) in [6.07, 6.45) is 0. The van der Waals surface area contributed by atoms with E-state index in [4.69, 9.17) is 9.15 Å². The van der Waals surface area contributed by atoms with Crippen LogP contribution in [0.2, 0.25) is 0 Å². The van der Waals surface area contributed by atoms with Crippen molar-refractivity contribution in [3.05, 3.63) is 110 Å². The van der Waals surface area contributed by atoms with Crippen LogP contribution in [0.15, 0.2) is 75.9 Å². The van der Waals surface area contributed by atoms with Gasteiger partial charge in [0.2, 0.25) is 5.76 Å². The number of nitro benzene ring substituents is 1. The van der Waals surface area contributed by atoms with Crippen LogP contribution >= 0.6 is 0 Å². The smallest absolute Gasteiger partial charge is 0.295 e. The first-order valence-corrected chi connectivity index (χ1v) is 10.5. The van der Waals surface area contributed by atoms with Crippen molar-refractivity contribution < 1.29 is 23.3 Å². The highest BCUT2D eigenvalue weighted by molar-refractivity contribution is 6.10. The van der Waals surface area contributed by atoms with Gasteiger partial charge in [0.1, 0.15) is 17.1 Å². The number of hydrogen-bond acceptors (Lipinski definition) is 6. The summed E-state index contributed by atoms with van der Waals surface area (Å²) in [6.45, 7) is 2.32. The quantitative estimate of drug-likeness (QED) is 0.307. The van der Waals surface area contributed by atoms with E-state index in [2.05, 4.69) is 0 Å². The highest BCUT2D eigenvalue weighted by atomic mass is 19.1. The molecule has 0 fully saturated rings. The molecule has 34 heavy (non-hydrogen) atoms. The maximum absolute atomic E-state index is 13.9. The lowest BCUT2D eigenvalue weighted by Crippen LogP contribution is -2.29. The normalized spacial score (nSPS) is 14.9. The van der Waals surface area contributed by atoms with Gasteiger partial charge in [-0.25, -0.2) is 4.39 Å². The first-order valence-electron chi connectivity index (χ1n) is 10.5.